The summed E-state index contributed by atoms with van der Waals surface area (Å²) in [7, 11) is 0. The highest BCUT2D eigenvalue weighted by molar-refractivity contribution is 6.39. The van der Waals surface area contributed by atoms with Gasteiger partial charge in [-0.25, -0.2) is 8.78 Å². The van der Waals surface area contributed by atoms with Crippen molar-refractivity contribution in [3.8, 4) is 5.75 Å². The highest BCUT2D eigenvalue weighted by Crippen LogP contribution is 2.49. The summed E-state index contributed by atoms with van der Waals surface area (Å²) in [6.07, 6.45) is -0.320. The first-order valence-electron chi connectivity index (χ1n) is 12.0. The highest BCUT2D eigenvalue weighted by atomic mass is 19.3. The number of hydrogen-bond acceptors (Lipinski definition) is 6. The van der Waals surface area contributed by atoms with E-state index in [1.807, 2.05) is 30.3 Å². The van der Waals surface area contributed by atoms with Crippen LogP contribution in [-0.2, 0) is 14.4 Å². The van der Waals surface area contributed by atoms with Gasteiger partial charge in [0.25, 0.3) is 11.8 Å². The van der Waals surface area contributed by atoms with Crippen LogP contribution in [0.15, 0.2) is 59.8 Å². The number of alkyl halides is 2. The first-order chi connectivity index (χ1) is 17.3. The SMILES string of the molecule is O=C(N[C@@H](CO)c1ccc(O)cc1)[C@H]1C2CCC(CC2(F)F)N1C(=O)C1=NOC(c2ccccc2)C1. The smallest absolute Gasteiger partial charge is 0.272 e. The molecule has 3 N–H and O–H groups in total. The van der Waals surface area contributed by atoms with Crippen LogP contribution in [0, 0.1) is 5.92 Å². The van der Waals surface area contributed by atoms with E-state index in [1.165, 1.54) is 29.2 Å². The van der Waals surface area contributed by atoms with E-state index >= 15 is 0 Å². The zero-order valence-electron chi connectivity index (χ0n) is 19.4. The van der Waals surface area contributed by atoms with Crippen molar-refractivity contribution in [2.24, 2.45) is 11.1 Å². The third-order valence-corrected chi connectivity index (χ3v) is 7.32. The number of fused-ring (bicyclic) bond motifs is 3. The van der Waals surface area contributed by atoms with E-state index in [9.17, 15) is 28.6 Å². The molecule has 4 aliphatic rings. The maximum atomic E-state index is 14.9. The molecule has 3 fully saturated rings. The minimum atomic E-state index is -3.10. The number of phenols is 1. The zero-order valence-corrected chi connectivity index (χ0v) is 19.4. The molecule has 6 rings (SSSR count). The Labute approximate surface area is 206 Å². The number of aromatic hydroxyl groups is 1. The van der Waals surface area contributed by atoms with Crippen molar-refractivity contribution >= 4 is 17.5 Å². The molecule has 1 saturated carbocycles. The van der Waals surface area contributed by atoms with Crippen LogP contribution in [0.1, 0.15) is 49.0 Å². The van der Waals surface area contributed by atoms with Gasteiger partial charge in [-0.05, 0) is 36.1 Å². The van der Waals surface area contributed by atoms with Crippen LogP contribution in [0.2, 0.25) is 0 Å². The summed E-state index contributed by atoms with van der Waals surface area (Å²) in [5, 5.41) is 26.0. The summed E-state index contributed by atoms with van der Waals surface area (Å²) in [6, 6.07) is 12.0. The van der Waals surface area contributed by atoms with E-state index in [2.05, 4.69) is 10.5 Å². The quantitative estimate of drug-likeness (QED) is 0.566. The van der Waals surface area contributed by atoms with Crippen LogP contribution in [-0.4, -0.2) is 57.3 Å². The number of aliphatic hydroxyl groups is 1. The molecule has 2 amide bonds. The van der Waals surface area contributed by atoms with Crippen LogP contribution in [0.5, 0.6) is 5.75 Å². The maximum absolute atomic E-state index is 14.9. The number of nitrogens with one attached hydrogen (secondary N) is 1. The van der Waals surface area contributed by atoms with Crippen molar-refractivity contribution in [1.82, 2.24) is 10.2 Å². The summed E-state index contributed by atoms with van der Waals surface area (Å²) in [4.78, 5) is 33.7. The Morgan fingerprint density at radius 3 is 2.53 bits per heavy atom. The summed E-state index contributed by atoms with van der Waals surface area (Å²) in [5.74, 6) is -5.78. The molecule has 190 valence electrons. The molecule has 0 spiro atoms. The summed E-state index contributed by atoms with van der Waals surface area (Å²) < 4.78 is 29.9. The lowest BCUT2D eigenvalue weighted by atomic mass is 9.71. The normalized spacial score (nSPS) is 27.2. The zero-order chi connectivity index (χ0) is 25.4. The number of carbonyl (C=O) groups is 2. The molecule has 2 aromatic rings. The van der Waals surface area contributed by atoms with Gasteiger partial charge in [-0.2, -0.15) is 0 Å². The number of piperidine rings is 2. The minimum absolute atomic E-state index is 0.0103. The van der Waals surface area contributed by atoms with Crippen molar-refractivity contribution < 1.29 is 33.4 Å². The van der Waals surface area contributed by atoms with E-state index in [0.717, 1.165) is 5.56 Å². The molecule has 2 aromatic carbocycles. The van der Waals surface area contributed by atoms with Gasteiger partial charge < -0.3 is 25.3 Å². The van der Waals surface area contributed by atoms with Gasteiger partial charge in [0.1, 0.15) is 17.5 Å². The molecule has 3 aliphatic heterocycles. The largest absolute Gasteiger partial charge is 0.508 e. The van der Waals surface area contributed by atoms with Crippen LogP contribution in [0.3, 0.4) is 0 Å². The minimum Gasteiger partial charge on any atom is -0.508 e. The number of phenolic OH excluding ortho intramolecular Hbond substituents is 1. The van der Waals surface area contributed by atoms with Gasteiger partial charge in [-0.1, -0.05) is 47.6 Å². The van der Waals surface area contributed by atoms with Crippen LogP contribution >= 0.6 is 0 Å². The van der Waals surface area contributed by atoms with E-state index in [-0.39, 0.29) is 24.3 Å². The Hall–Kier alpha value is -3.53. The lowest BCUT2D eigenvalue weighted by Gasteiger charge is -2.53. The van der Waals surface area contributed by atoms with Gasteiger partial charge >= 0.3 is 0 Å². The van der Waals surface area contributed by atoms with Crippen molar-refractivity contribution in [2.75, 3.05) is 6.61 Å². The van der Waals surface area contributed by atoms with Crippen LogP contribution in [0.4, 0.5) is 8.78 Å². The fourth-order valence-electron chi connectivity index (χ4n) is 5.50. The van der Waals surface area contributed by atoms with Crippen molar-refractivity contribution in [3.05, 3.63) is 65.7 Å². The van der Waals surface area contributed by atoms with Crippen LogP contribution in [0.25, 0.3) is 0 Å². The maximum Gasteiger partial charge on any atom is 0.272 e. The number of aliphatic hydroxyl groups excluding tert-OH is 1. The first kappa shape index (κ1) is 24.2. The van der Waals surface area contributed by atoms with Gasteiger partial charge in [0, 0.05) is 18.9 Å². The van der Waals surface area contributed by atoms with E-state index in [0.29, 0.717) is 12.0 Å². The second-order valence-corrected chi connectivity index (χ2v) is 9.54. The number of oxime groups is 1. The third-order valence-electron chi connectivity index (χ3n) is 7.32. The Bertz CT molecular complexity index is 1160. The van der Waals surface area contributed by atoms with Gasteiger partial charge in [-0.3, -0.25) is 9.59 Å². The van der Waals surface area contributed by atoms with Crippen molar-refractivity contribution in [2.45, 2.75) is 55.8 Å². The molecule has 1 aliphatic carbocycles. The fourth-order valence-corrected chi connectivity index (χ4v) is 5.50. The number of halogens is 2. The average molecular weight is 500 g/mol. The molecule has 5 atom stereocenters. The number of hydrogen-bond donors (Lipinski definition) is 3. The Morgan fingerprint density at radius 1 is 1.14 bits per heavy atom. The molecule has 36 heavy (non-hydrogen) atoms. The van der Waals surface area contributed by atoms with Gasteiger partial charge in [0.05, 0.1) is 18.6 Å². The summed E-state index contributed by atoms with van der Waals surface area (Å²) >= 11 is 0. The predicted octanol–water partition coefficient (Wildman–Crippen LogP) is 3.07. The Kier molecular flexibility index (Phi) is 6.38. The average Bonchev–Trinajstić information content (AvgIpc) is 3.37. The highest BCUT2D eigenvalue weighted by Gasteiger charge is 2.61. The van der Waals surface area contributed by atoms with Crippen LogP contribution < -0.4 is 5.32 Å². The molecule has 3 unspecified atom stereocenters. The lowest BCUT2D eigenvalue weighted by molar-refractivity contribution is -0.191. The molecule has 2 saturated heterocycles. The second-order valence-electron chi connectivity index (χ2n) is 9.54. The Morgan fingerprint density at radius 2 is 1.86 bits per heavy atom. The number of amides is 2. The molecule has 2 bridgehead atoms. The Balaban J connectivity index is 1.38. The molecular weight excluding hydrogens is 472 g/mol. The molecule has 10 heteroatoms. The lowest BCUT2D eigenvalue weighted by Crippen LogP contribution is -2.69. The third kappa shape index (κ3) is 4.41. The number of rotatable bonds is 6. The van der Waals surface area contributed by atoms with Gasteiger partial charge in [0.2, 0.25) is 5.91 Å². The van der Waals surface area contributed by atoms with Crippen molar-refractivity contribution in [1.29, 1.82) is 0 Å². The second kappa shape index (κ2) is 9.50. The van der Waals surface area contributed by atoms with Gasteiger partial charge in [-0.15, -0.1) is 0 Å². The molecule has 8 nitrogen and oxygen atoms in total. The van der Waals surface area contributed by atoms with Gasteiger partial charge in [0.15, 0.2) is 6.10 Å². The molecule has 0 aromatic heterocycles. The van der Waals surface area contributed by atoms with E-state index < -0.39 is 60.9 Å². The monoisotopic (exact) mass is 499 g/mol. The predicted molar refractivity (Wildman–Crippen MR) is 125 cm³/mol. The summed E-state index contributed by atoms with van der Waals surface area (Å²) in [5.41, 5.74) is 1.42. The number of benzene rings is 2. The molecule has 0 radical (unpaired) electrons. The van der Waals surface area contributed by atoms with E-state index in [4.69, 9.17) is 4.84 Å². The standard InChI is InChI=1S/C26H27F2N3O5/c27-26(28)13-17-8-11-19(26)23(24(34)29-21(14-32)15-6-9-18(33)10-7-15)31(17)25(35)20-12-22(36-30-20)16-4-2-1-3-5-16/h1-7,9-10,17,19,21-23,32-33H,8,11-14H2,(H,29,34)/t17?,19?,21-,22?,23+/m0/s1. The fraction of sp³-hybridized carbons (Fsp3) is 0.423. The molecular formula is C26H27F2N3O5. The number of carbonyl (C=O) groups excluding carboxylic acids is 2. The number of nitrogens with zero attached hydrogens (tertiary/aromatic N) is 2. The summed E-state index contributed by atoms with van der Waals surface area (Å²) in [6.45, 7) is -0.485. The van der Waals surface area contributed by atoms with E-state index in [1.54, 1.807) is 0 Å². The van der Waals surface area contributed by atoms with Crippen molar-refractivity contribution in [3.63, 3.8) is 0 Å². The first-order valence-corrected chi connectivity index (χ1v) is 12.0. The topological polar surface area (TPSA) is 111 Å². The molecule has 3 heterocycles.